The van der Waals surface area contributed by atoms with E-state index in [1.165, 1.54) is 25.8 Å². The molecule has 0 bridgehead atoms. The van der Waals surface area contributed by atoms with Crippen LogP contribution in [0.4, 0.5) is 11.4 Å². The Labute approximate surface area is 124 Å². The summed E-state index contributed by atoms with van der Waals surface area (Å²) in [5.41, 5.74) is 2.06. The van der Waals surface area contributed by atoms with E-state index in [2.05, 4.69) is 40.8 Å². The van der Waals surface area contributed by atoms with Gasteiger partial charge in [0.05, 0.1) is 11.4 Å². The van der Waals surface area contributed by atoms with Gasteiger partial charge in [-0.2, -0.15) is 0 Å². The number of anilines is 2. The molecule has 20 heavy (non-hydrogen) atoms. The summed E-state index contributed by atoms with van der Waals surface area (Å²) in [6.07, 6.45) is 3.63. The number of nitrogens with one attached hydrogen (secondary N) is 2. The third kappa shape index (κ3) is 3.27. The Morgan fingerprint density at radius 3 is 3.15 bits per heavy atom. The monoisotopic (exact) mass is 291 g/mol. The van der Waals surface area contributed by atoms with Crippen LogP contribution >= 0.6 is 11.8 Å². The van der Waals surface area contributed by atoms with Gasteiger partial charge in [0.15, 0.2) is 0 Å². The normalized spacial score (nSPS) is 23.6. The molecule has 2 heterocycles. The Hall–Kier alpha value is -1.20. The van der Waals surface area contributed by atoms with Crippen LogP contribution in [0.1, 0.15) is 19.3 Å². The zero-order chi connectivity index (χ0) is 13.9. The quantitative estimate of drug-likeness (QED) is 0.879. The number of amides is 1. The first-order chi connectivity index (χ1) is 9.70. The molecule has 0 aliphatic carbocycles. The fourth-order valence-corrected chi connectivity index (χ4v) is 3.58. The second-order valence-electron chi connectivity index (χ2n) is 5.62. The summed E-state index contributed by atoms with van der Waals surface area (Å²) < 4.78 is 0. The van der Waals surface area contributed by atoms with Crippen molar-refractivity contribution in [3.63, 3.8) is 0 Å². The molecule has 0 saturated carbocycles. The van der Waals surface area contributed by atoms with Gasteiger partial charge in [-0.15, -0.1) is 11.8 Å². The fraction of sp³-hybridized carbons (Fsp3) is 0.533. The third-order valence-corrected chi connectivity index (χ3v) is 5.01. The molecule has 4 nitrogen and oxygen atoms in total. The number of hydrogen-bond acceptors (Lipinski definition) is 4. The first-order valence-electron chi connectivity index (χ1n) is 7.22. The Morgan fingerprint density at radius 1 is 1.35 bits per heavy atom. The third-order valence-electron chi connectivity index (χ3n) is 3.93. The standard InChI is InChI=1S/C15H21N3OS/c1-18-7-2-3-11(6-8-18)16-12-4-5-14-13(9-12)17-15(19)10-20-14/h4-5,9,11,16H,2-3,6-8,10H2,1H3,(H,17,19). The minimum Gasteiger partial charge on any atom is -0.382 e. The van der Waals surface area contributed by atoms with Crippen molar-refractivity contribution < 1.29 is 4.79 Å². The average molecular weight is 291 g/mol. The molecule has 5 heteroatoms. The van der Waals surface area contributed by atoms with Crippen molar-refractivity contribution in [3.8, 4) is 0 Å². The second kappa shape index (κ2) is 6.06. The molecule has 3 rings (SSSR count). The maximum Gasteiger partial charge on any atom is 0.234 e. The largest absolute Gasteiger partial charge is 0.382 e. The zero-order valence-corrected chi connectivity index (χ0v) is 12.6. The van der Waals surface area contributed by atoms with Gasteiger partial charge >= 0.3 is 0 Å². The molecule has 2 aliphatic heterocycles. The van der Waals surface area contributed by atoms with Crippen molar-refractivity contribution in [2.45, 2.75) is 30.2 Å². The van der Waals surface area contributed by atoms with Gasteiger partial charge < -0.3 is 15.5 Å². The van der Waals surface area contributed by atoms with Gasteiger partial charge in [-0.05, 0) is 57.6 Å². The predicted molar refractivity (Wildman–Crippen MR) is 84.6 cm³/mol. The predicted octanol–water partition coefficient (Wildman–Crippen LogP) is 2.63. The highest BCUT2D eigenvalue weighted by atomic mass is 32.2. The molecule has 1 unspecified atom stereocenters. The summed E-state index contributed by atoms with van der Waals surface area (Å²) in [6, 6.07) is 6.82. The van der Waals surface area contributed by atoms with Crippen LogP contribution in [-0.4, -0.2) is 42.7 Å². The summed E-state index contributed by atoms with van der Waals surface area (Å²) in [4.78, 5) is 15.0. The number of hydrogen-bond donors (Lipinski definition) is 2. The van der Waals surface area contributed by atoms with Crippen molar-refractivity contribution in [3.05, 3.63) is 18.2 Å². The van der Waals surface area contributed by atoms with Crippen molar-refractivity contribution >= 4 is 29.0 Å². The highest BCUT2D eigenvalue weighted by Crippen LogP contribution is 2.33. The van der Waals surface area contributed by atoms with E-state index in [-0.39, 0.29) is 5.91 Å². The topological polar surface area (TPSA) is 44.4 Å². The molecule has 0 spiro atoms. The highest BCUT2D eigenvalue weighted by Gasteiger charge is 2.17. The van der Waals surface area contributed by atoms with Crippen LogP contribution in [0.5, 0.6) is 0 Å². The van der Waals surface area contributed by atoms with Crippen LogP contribution in [0.2, 0.25) is 0 Å². The first-order valence-corrected chi connectivity index (χ1v) is 8.21. The molecular formula is C15H21N3OS. The van der Waals surface area contributed by atoms with Crippen molar-refractivity contribution in [2.24, 2.45) is 0 Å². The molecule has 0 aromatic heterocycles. The number of carbonyl (C=O) groups excluding carboxylic acids is 1. The van der Waals surface area contributed by atoms with E-state index < -0.39 is 0 Å². The van der Waals surface area contributed by atoms with Crippen molar-refractivity contribution in [1.29, 1.82) is 0 Å². The van der Waals surface area contributed by atoms with Crippen LogP contribution < -0.4 is 10.6 Å². The number of nitrogens with zero attached hydrogens (tertiary/aromatic N) is 1. The SMILES string of the molecule is CN1CCCC(Nc2ccc3c(c2)NC(=O)CS3)CC1. The number of likely N-dealkylation sites (tertiary alicyclic amines) is 1. The minimum absolute atomic E-state index is 0.0933. The first kappa shape index (κ1) is 13.8. The average Bonchev–Trinajstić information content (AvgIpc) is 2.63. The van der Waals surface area contributed by atoms with Crippen molar-refractivity contribution in [2.75, 3.05) is 36.5 Å². The van der Waals surface area contributed by atoms with Crippen LogP contribution in [0, 0.1) is 0 Å². The molecule has 1 aromatic carbocycles. The van der Waals surface area contributed by atoms with Crippen molar-refractivity contribution in [1.82, 2.24) is 4.90 Å². The van der Waals surface area contributed by atoms with E-state index in [1.54, 1.807) is 11.8 Å². The van der Waals surface area contributed by atoms with E-state index in [1.807, 2.05) is 0 Å². The summed E-state index contributed by atoms with van der Waals surface area (Å²) in [6.45, 7) is 2.34. The number of thioether (sulfide) groups is 1. The van der Waals surface area contributed by atoms with Gasteiger partial charge in [-0.25, -0.2) is 0 Å². The fourth-order valence-electron chi connectivity index (χ4n) is 2.79. The Balaban J connectivity index is 1.68. The molecule has 2 aliphatic rings. The molecule has 0 radical (unpaired) electrons. The molecule has 1 fully saturated rings. The van der Waals surface area contributed by atoms with Gasteiger partial charge in [0.1, 0.15) is 0 Å². The lowest BCUT2D eigenvalue weighted by atomic mass is 10.1. The minimum atomic E-state index is 0.0933. The number of rotatable bonds is 2. The summed E-state index contributed by atoms with van der Waals surface area (Å²) in [5, 5.41) is 6.57. The van der Waals surface area contributed by atoms with Crippen LogP contribution in [0.25, 0.3) is 0 Å². The maximum absolute atomic E-state index is 11.5. The van der Waals surface area contributed by atoms with Gasteiger partial charge in [-0.3, -0.25) is 4.79 Å². The lowest BCUT2D eigenvalue weighted by Gasteiger charge is -2.21. The maximum atomic E-state index is 11.5. The Kier molecular flexibility index (Phi) is 4.17. The van der Waals surface area contributed by atoms with Gasteiger partial charge in [-0.1, -0.05) is 0 Å². The van der Waals surface area contributed by atoms with Gasteiger partial charge in [0, 0.05) is 16.6 Å². The molecule has 1 amide bonds. The number of fused-ring (bicyclic) bond motifs is 1. The lowest BCUT2D eigenvalue weighted by molar-refractivity contribution is -0.113. The lowest BCUT2D eigenvalue weighted by Crippen LogP contribution is -2.23. The van der Waals surface area contributed by atoms with Crippen LogP contribution in [-0.2, 0) is 4.79 Å². The summed E-state index contributed by atoms with van der Waals surface area (Å²) in [5.74, 6) is 0.616. The number of benzene rings is 1. The zero-order valence-electron chi connectivity index (χ0n) is 11.8. The summed E-state index contributed by atoms with van der Waals surface area (Å²) in [7, 11) is 2.19. The number of carbonyl (C=O) groups is 1. The molecule has 1 saturated heterocycles. The smallest absolute Gasteiger partial charge is 0.234 e. The Morgan fingerprint density at radius 2 is 2.25 bits per heavy atom. The molecule has 1 aromatic rings. The second-order valence-corrected chi connectivity index (χ2v) is 6.64. The van der Waals surface area contributed by atoms with E-state index in [4.69, 9.17) is 0 Å². The van der Waals surface area contributed by atoms with E-state index >= 15 is 0 Å². The van der Waals surface area contributed by atoms with E-state index in [9.17, 15) is 4.79 Å². The van der Waals surface area contributed by atoms with Crippen LogP contribution in [0.3, 0.4) is 0 Å². The van der Waals surface area contributed by atoms with Gasteiger partial charge in [0.2, 0.25) is 5.91 Å². The molecule has 2 N–H and O–H groups in total. The Bertz CT molecular complexity index is 506. The van der Waals surface area contributed by atoms with E-state index in [0.717, 1.165) is 22.8 Å². The molecule has 108 valence electrons. The molecular weight excluding hydrogens is 270 g/mol. The summed E-state index contributed by atoms with van der Waals surface area (Å²) >= 11 is 1.61. The molecule has 1 atom stereocenters. The van der Waals surface area contributed by atoms with Gasteiger partial charge in [0.25, 0.3) is 0 Å². The van der Waals surface area contributed by atoms with E-state index in [0.29, 0.717) is 11.8 Å². The highest BCUT2D eigenvalue weighted by molar-refractivity contribution is 8.00. The van der Waals surface area contributed by atoms with Crippen LogP contribution in [0.15, 0.2) is 23.1 Å².